The molecular formula is C12H16F2N2O3S. The molecule has 1 atom stereocenters. The fraction of sp³-hybridized carbons (Fsp3) is 0.500. The van der Waals surface area contributed by atoms with E-state index < -0.39 is 38.7 Å². The van der Waals surface area contributed by atoms with Crippen LogP contribution in [-0.2, 0) is 21.3 Å². The molecule has 1 heterocycles. The molecule has 0 aliphatic carbocycles. The van der Waals surface area contributed by atoms with Crippen LogP contribution >= 0.6 is 0 Å². The van der Waals surface area contributed by atoms with Gasteiger partial charge in [-0.3, -0.25) is 0 Å². The van der Waals surface area contributed by atoms with Crippen molar-refractivity contribution in [3.8, 4) is 0 Å². The number of rotatable bonds is 4. The maximum atomic E-state index is 14.1. The van der Waals surface area contributed by atoms with Crippen LogP contribution in [0.5, 0.6) is 0 Å². The molecule has 1 aromatic rings. The smallest absolute Gasteiger partial charge is 0.246 e. The van der Waals surface area contributed by atoms with Gasteiger partial charge >= 0.3 is 0 Å². The summed E-state index contributed by atoms with van der Waals surface area (Å²) in [5.41, 5.74) is 4.83. The van der Waals surface area contributed by atoms with Crippen LogP contribution in [0.15, 0.2) is 17.0 Å². The highest BCUT2D eigenvalue weighted by Crippen LogP contribution is 2.26. The molecule has 1 aliphatic heterocycles. The molecule has 1 aliphatic rings. The second-order valence-electron chi connectivity index (χ2n) is 4.55. The van der Waals surface area contributed by atoms with Gasteiger partial charge in [0.05, 0.1) is 6.10 Å². The van der Waals surface area contributed by atoms with Crippen molar-refractivity contribution in [2.75, 3.05) is 20.2 Å². The first-order valence-corrected chi connectivity index (χ1v) is 7.55. The van der Waals surface area contributed by atoms with Gasteiger partial charge in [-0.1, -0.05) is 0 Å². The second kappa shape index (κ2) is 5.72. The van der Waals surface area contributed by atoms with E-state index in [-0.39, 0.29) is 19.2 Å². The average Bonchev–Trinajstić information content (AvgIpc) is 2.88. The van der Waals surface area contributed by atoms with Crippen molar-refractivity contribution in [1.29, 1.82) is 0 Å². The third-order valence-corrected chi connectivity index (χ3v) is 5.30. The van der Waals surface area contributed by atoms with Gasteiger partial charge in [0.1, 0.15) is 10.7 Å². The fourth-order valence-electron chi connectivity index (χ4n) is 2.21. The lowest BCUT2D eigenvalue weighted by molar-refractivity contribution is 0.115. The van der Waals surface area contributed by atoms with Crippen molar-refractivity contribution in [3.05, 3.63) is 29.3 Å². The van der Waals surface area contributed by atoms with Crippen LogP contribution in [0.1, 0.15) is 12.0 Å². The van der Waals surface area contributed by atoms with E-state index in [4.69, 9.17) is 10.5 Å². The standard InChI is InChI=1S/C12H16F2N2O3S/c1-19-8-4-5-16(7-8)20(17,18)11-3-2-10(13)9(6-15)12(11)14/h2-3,8H,4-7,15H2,1H3. The summed E-state index contributed by atoms with van der Waals surface area (Å²) in [5.74, 6) is -1.96. The number of halogens is 2. The van der Waals surface area contributed by atoms with Crippen molar-refractivity contribution in [2.24, 2.45) is 5.73 Å². The average molecular weight is 306 g/mol. The van der Waals surface area contributed by atoms with Crippen LogP contribution in [0.2, 0.25) is 0 Å². The Balaban J connectivity index is 2.41. The van der Waals surface area contributed by atoms with Crippen LogP contribution < -0.4 is 5.73 Å². The van der Waals surface area contributed by atoms with E-state index in [0.717, 1.165) is 16.4 Å². The predicted molar refractivity (Wildman–Crippen MR) is 68.4 cm³/mol. The van der Waals surface area contributed by atoms with Crippen molar-refractivity contribution < 1.29 is 21.9 Å². The van der Waals surface area contributed by atoms with Crippen LogP contribution in [0.25, 0.3) is 0 Å². The highest BCUT2D eigenvalue weighted by atomic mass is 32.2. The Morgan fingerprint density at radius 1 is 1.45 bits per heavy atom. The molecule has 112 valence electrons. The SMILES string of the molecule is COC1CCN(S(=O)(=O)c2ccc(F)c(CN)c2F)C1. The number of sulfonamides is 1. The van der Waals surface area contributed by atoms with Crippen LogP contribution in [0, 0.1) is 11.6 Å². The number of methoxy groups -OCH3 is 1. The summed E-state index contributed by atoms with van der Waals surface area (Å²) in [5, 5.41) is 0. The van der Waals surface area contributed by atoms with Gasteiger partial charge in [-0.15, -0.1) is 0 Å². The Morgan fingerprint density at radius 3 is 2.70 bits per heavy atom. The van der Waals surface area contributed by atoms with Gasteiger partial charge in [0.2, 0.25) is 10.0 Å². The number of nitrogens with zero attached hydrogens (tertiary/aromatic N) is 1. The zero-order valence-corrected chi connectivity index (χ0v) is 11.8. The van der Waals surface area contributed by atoms with E-state index in [9.17, 15) is 17.2 Å². The summed E-state index contributed by atoms with van der Waals surface area (Å²) in [6.45, 7) is 0.00491. The summed E-state index contributed by atoms with van der Waals surface area (Å²) in [7, 11) is -2.51. The lowest BCUT2D eigenvalue weighted by Gasteiger charge is -2.17. The molecule has 0 bridgehead atoms. The Kier molecular flexibility index (Phi) is 4.38. The molecule has 0 radical (unpaired) electrons. The van der Waals surface area contributed by atoms with E-state index in [2.05, 4.69) is 0 Å². The first-order chi connectivity index (χ1) is 9.41. The summed E-state index contributed by atoms with van der Waals surface area (Å²) in [6.07, 6.45) is 0.338. The number of ether oxygens (including phenoxy) is 1. The van der Waals surface area contributed by atoms with Gasteiger partial charge in [0.15, 0.2) is 5.82 Å². The minimum atomic E-state index is -4.01. The van der Waals surface area contributed by atoms with Crippen LogP contribution in [-0.4, -0.2) is 39.0 Å². The van der Waals surface area contributed by atoms with Gasteiger partial charge in [-0.25, -0.2) is 17.2 Å². The first-order valence-electron chi connectivity index (χ1n) is 6.11. The third-order valence-electron chi connectivity index (χ3n) is 3.41. The predicted octanol–water partition coefficient (Wildman–Crippen LogP) is 0.833. The number of nitrogens with two attached hydrogens (primary N) is 1. The molecule has 0 amide bonds. The molecule has 0 spiro atoms. The molecule has 0 saturated carbocycles. The van der Waals surface area contributed by atoms with E-state index >= 15 is 0 Å². The molecule has 1 aromatic carbocycles. The van der Waals surface area contributed by atoms with Gasteiger partial charge in [0.25, 0.3) is 0 Å². The van der Waals surface area contributed by atoms with Gasteiger partial charge in [0, 0.05) is 32.3 Å². The quantitative estimate of drug-likeness (QED) is 0.894. The fourth-order valence-corrected chi connectivity index (χ4v) is 3.79. The lowest BCUT2D eigenvalue weighted by Crippen LogP contribution is -2.31. The molecule has 2 N–H and O–H groups in total. The minimum Gasteiger partial charge on any atom is -0.380 e. The van der Waals surface area contributed by atoms with Crippen molar-refractivity contribution in [3.63, 3.8) is 0 Å². The van der Waals surface area contributed by atoms with E-state index in [0.29, 0.717) is 6.42 Å². The van der Waals surface area contributed by atoms with E-state index in [1.165, 1.54) is 7.11 Å². The van der Waals surface area contributed by atoms with E-state index in [1.54, 1.807) is 0 Å². The Labute approximate surface area is 116 Å². The Hall–Kier alpha value is -1.09. The molecule has 0 aromatic heterocycles. The molecular weight excluding hydrogens is 290 g/mol. The Morgan fingerprint density at radius 2 is 2.15 bits per heavy atom. The topological polar surface area (TPSA) is 72.6 Å². The number of hydrogen-bond donors (Lipinski definition) is 1. The van der Waals surface area contributed by atoms with Crippen LogP contribution in [0.4, 0.5) is 8.78 Å². The molecule has 1 unspecified atom stereocenters. The third kappa shape index (κ3) is 2.56. The summed E-state index contributed by atoms with van der Waals surface area (Å²) >= 11 is 0. The van der Waals surface area contributed by atoms with Crippen LogP contribution in [0.3, 0.4) is 0 Å². The molecule has 20 heavy (non-hydrogen) atoms. The van der Waals surface area contributed by atoms with Gasteiger partial charge < -0.3 is 10.5 Å². The molecule has 2 rings (SSSR count). The van der Waals surface area contributed by atoms with Crippen molar-refractivity contribution in [1.82, 2.24) is 4.31 Å². The largest absolute Gasteiger partial charge is 0.380 e. The maximum absolute atomic E-state index is 14.1. The number of hydrogen-bond acceptors (Lipinski definition) is 4. The second-order valence-corrected chi connectivity index (χ2v) is 6.46. The first kappa shape index (κ1) is 15.3. The van der Waals surface area contributed by atoms with E-state index in [1.807, 2.05) is 0 Å². The zero-order chi connectivity index (χ0) is 14.9. The molecule has 1 fully saturated rings. The summed E-state index contributed by atoms with van der Waals surface area (Å²) in [4.78, 5) is -0.545. The highest BCUT2D eigenvalue weighted by molar-refractivity contribution is 7.89. The molecule has 5 nitrogen and oxygen atoms in total. The lowest BCUT2D eigenvalue weighted by atomic mass is 10.2. The maximum Gasteiger partial charge on any atom is 0.246 e. The van der Waals surface area contributed by atoms with Gasteiger partial charge in [-0.05, 0) is 18.6 Å². The van der Waals surface area contributed by atoms with Crippen molar-refractivity contribution in [2.45, 2.75) is 24.0 Å². The van der Waals surface area contributed by atoms with Crippen molar-refractivity contribution >= 4 is 10.0 Å². The zero-order valence-electron chi connectivity index (χ0n) is 11.0. The summed E-state index contributed by atoms with van der Waals surface area (Å²) < 4.78 is 58.4. The minimum absolute atomic E-state index is 0.160. The monoisotopic (exact) mass is 306 g/mol. The molecule has 8 heteroatoms. The molecule has 1 saturated heterocycles. The normalized spacial score (nSPS) is 20.5. The van der Waals surface area contributed by atoms with Gasteiger partial charge in [-0.2, -0.15) is 4.31 Å². The summed E-state index contributed by atoms with van der Waals surface area (Å²) in [6, 6.07) is 1.85. The number of benzene rings is 1. The Bertz CT molecular complexity index is 607. The highest BCUT2D eigenvalue weighted by Gasteiger charge is 2.35.